The zero-order valence-electron chi connectivity index (χ0n) is 16.4. The predicted molar refractivity (Wildman–Crippen MR) is 110 cm³/mol. The van der Waals surface area contributed by atoms with Gasteiger partial charge in [0.2, 0.25) is 5.91 Å². The highest BCUT2D eigenvalue weighted by atomic mass is 16.5. The number of hydrogen-bond acceptors (Lipinski definition) is 3. The molecule has 0 bridgehead atoms. The Bertz CT molecular complexity index is 957. The molecule has 1 aromatic heterocycles. The highest BCUT2D eigenvalue weighted by Crippen LogP contribution is 2.19. The number of amides is 1. The molecule has 2 aromatic carbocycles. The van der Waals surface area contributed by atoms with Crippen LogP contribution in [-0.2, 0) is 22.5 Å². The van der Waals surface area contributed by atoms with Crippen LogP contribution < -0.4 is 5.32 Å². The van der Waals surface area contributed by atoms with Gasteiger partial charge in [0.1, 0.15) is 11.9 Å². The summed E-state index contributed by atoms with van der Waals surface area (Å²) in [5.74, 6) is 1.08. The summed E-state index contributed by atoms with van der Waals surface area (Å²) in [6.45, 7) is 4.26. The second-order valence-corrected chi connectivity index (χ2v) is 7.49. The third kappa shape index (κ3) is 4.25. The molecule has 1 aliphatic heterocycles. The summed E-state index contributed by atoms with van der Waals surface area (Å²) in [4.78, 5) is 16.9. The number of nitrogens with one attached hydrogen (secondary N) is 1. The molecule has 2 heterocycles. The first kappa shape index (κ1) is 18.7. The lowest BCUT2D eigenvalue weighted by molar-refractivity contribution is -0.130. The minimum atomic E-state index is -0.258. The molecule has 1 aliphatic rings. The normalized spacial score (nSPS) is 16.5. The van der Waals surface area contributed by atoms with E-state index in [0.717, 1.165) is 49.1 Å². The number of aryl methyl sites for hydroxylation is 2. The molecule has 4 rings (SSSR count). The Morgan fingerprint density at radius 3 is 2.96 bits per heavy atom. The number of para-hydroxylation sites is 2. The predicted octanol–water partition coefficient (Wildman–Crippen LogP) is 3.62. The third-order valence-electron chi connectivity index (χ3n) is 5.26. The van der Waals surface area contributed by atoms with E-state index >= 15 is 0 Å². The van der Waals surface area contributed by atoms with Crippen LogP contribution in [0, 0.1) is 6.92 Å². The summed E-state index contributed by atoms with van der Waals surface area (Å²) in [5, 5.41) is 3.00. The molecule has 1 saturated heterocycles. The second-order valence-electron chi connectivity index (χ2n) is 7.49. The Hall–Kier alpha value is -2.66. The molecule has 28 heavy (non-hydrogen) atoms. The summed E-state index contributed by atoms with van der Waals surface area (Å²) < 4.78 is 7.73. The molecule has 0 aliphatic carbocycles. The molecule has 1 atom stereocenters. The van der Waals surface area contributed by atoms with Crippen LogP contribution in [0.15, 0.2) is 48.5 Å². The van der Waals surface area contributed by atoms with E-state index in [4.69, 9.17) is 9.72 Å². The van der Waals surface area contributed by atoms with Gasteiger partial charge in [0.05, 0.1) is 11.0 Å². The van der Waals surface area contributed by atoms with Gasteiger partial charge in [-0.15, -0.1) is 0 Å². The van der Waals surface area contributed by atoms with E-state index in [0.29, 0.717) is 13.2 Å². The van der Waals surface area contributed by atoms with Gasteiger partial charge in [-0.25, -0.2) is 4.98 Å². The number of hydrogen-bond donors (Lipinski definition) is 1. The number of imidazole rings is 1. The lowest BCUT2D eigenvalue weighted by atomic mass is 10.1. The van der Waals surface area contributed by atoms with Crippen molar-refractivity contribution < 1.29 is 9.53 Å². The third-order valence-corrected chi connectivity index (χ3v) is 5.26. The Morgan fingerprint density at radius 1 is 1.25 bits per heavy atom. The van der Waals surface area contributed by atoms with Crippen molar-refractivity contribution in [3.63, 3.8) is 0 Å². The highest BCUT2D eigenvalue weighted by molar-refractivity contribution is 5.80. The second kappa shape index (κ2) is 8.57. The topological polar surface area (TPSA) is 56.2 Å². The standard InChI is InChI=1S/C23H27N3O2/c1-17-7-4-8-18(15-17)16-26-20-10-3-2-9-19(20)25-22(26)12-5-13-24-23(27)21-11-6-14-28-21/h2-4,7-10,15,21H,5-6,11-14,16H2,1H3,(H,24,27). The Morgan fingerprint density at radius 2 is 2.14 bits per heavy atom. The first-order chi connectivity index (χ1) is 13.7. The van der Waals surface area contributed by atoms with Crippen molar-refractivity contribution in [3.05, 3.63) is 65.5 Å². The average Bonchev–Trinajstić information content (AvgIpc) is 3.34. The van der Waals surface area contributed by atoms with Crippen LogP contribution in [0.4, 0.5) is 0 Å². The summed E-state index contributed by atoms with van der Waals surface area (Å²) in [5.41, 5.74) is 4.72. The Labute approximate surface area is 165 Å². The van der Waals surface area contributed by atoms with Crippen molar-refractivity contribution in [2.45, 2.75) is 45.3 Å². The zero-order chi connectivity index (χ0) is 19.3. The van der Waals surface area contributed by atoms with Crippen molar-refractivity contribution in [3.8, 4) is 0 Å². The van der Waals surface area contributed by atoms with Crippen LogP contribution >= 0.6 is 0 Å². The molecule has 0 radical (unpaired) electrons. The lowest BCUT2D eigenvalue weighted by Gasteiger charge is -2.12. The zero-order valence-corrected chi connectivity index (χ0v) is 16.4. The molecular formula is C23H27N3O2. The number of nitrogens with zero attached hydrogens (tertiary/aromatic N) is 2. The van der Waals surface area contributed by atoms with E-state index in [1.54, 1.807) is 0 Å². The Kier molecular flexibility index (Phi) is 5.72. The molecule has 0 spiro atoms. The van der Waals surface area contributed by atoms with Gasteiger partial charge >= 0.3 is 0 Å². The number of rotatable bonds is 7. The van der Waals surface area contributed by atoms with Crippen molar-refractivity contribution in [2.24, 2.45) is 0 Å². The monoisotopic (exact) mass is 377 g/mol. The SMILES string of the molecule is Cc1cccc(Cn2c(CCCNC(=O)C3CCCO3)nc3ccccc32)c1. The minimum absolute atomic E-state index is 0.0192. The first-order valence-corrected chi connectivity index (χ1v) is 10.1. The summed E-state index contributed by atoms with van der Waals surface area (Å²) in [6.07, 6.45) is 3.23. The van der Waals surface area contributed by atoms with Crippen LogP contribution in [0.5, 0.6) is 0 Å². The molecule has 1 fully saturated rings. The van der Waals surface area contributed by atoms with Crippen molar-refractivity contribution in [1.29, 1.82) is 0 Å². The fourth-order valence-corrected chi connectivity index (χ4v) is 3.84. The summed E-state index contributed by atoms with van der Waals surface area (Å²) in [7, 11) is 0. The number of carbonyl (C=O) groups excluding carboxylic acids is 1. The van der Waals surface area contributed by atoms with Gasteiger partial charge in [0, 0.05) is 26.1 Å². The van der Waals surface area contributed by atoms with Gasteiger partial charge in [-0.3, -0.25) is 4.79 Å². The van der Waals surface area contributed by atoms with Crippen LogP contribution in [-0.4, -0.2) is 34.7 Å². The molecule has 0 saturated carbocycles. The van der Waals surface area contributed by atoms with Crippen LogP contribution in [0.25, 0.3) is 11.0 Å². The number of fused-ring (bicyclic) bond motifs is 1. The molecule has 146 valence electrons. The van der Waals surface area contributed by atoms with Gasteiger partial charge < -0.3 is 14.6 Å². The average molecular weight is 377 g/mol. The molecular weight excluding hydrogens is 350 g/mol. The number of carbonyl (C=O) groups is 1. The fourth-order valence-electron chi connectivity index (χ4n) is 3.84. The first-order valence-electron chi connectivity index (χ1n) is 10.1. The summed E-state index contributed by atoms with van der Waals surface area (Å²) in [6, 6.07) is 16.9. The number of aromatic nitrogens is 2. The molecule has 1 unspecified atom stereocenters. The van der Waals surface area contributed by atoms with Gasteiger partial charge in [-0.1, -0.05) is 42.0 Å². The Balaban J connectivity index is 1.44. The number of benzene rings is 2. The molecule has 1 amide bonds. The van der Waals surface area contributed by atoms with Crippen LogP contribution in [0.3, 0.4) is 0 Å². The highest BCUT2D eigenvalue weighted by Gasteiger charge is 2.22. The van der Waals surface area contributed by atoms with Gasteiger partial charge in [-0.2, -0.15) is 0 Å². The van der Waals surface area contributed by atoms with Gasteiger partial charge in [0.25, 0.3) is 0 Å². The van der Waals surface area contributed by atoms with Gasteiger partial charge in [-0.05, 0) is 43.9 Å². The minimum Gasteiger partial charge on any atom is -0.368 e. The van der Waals surface area contributed by atoms with Crippen molar-refractivity contribution in [2.75, 3.05) is 13.2 Å². The van der Waals surface area contributed by atoms with Gasteiger partial charge in [0.15, 0.2) is 0 Å². The molecule has 3 aromatic rings. The fraction of sp³-hybridized carbons (Fsp3) is 0.391. The largest absolute Gasteiger partial charge is 0.368 e. The lowest BCUT2D eigenvalue weighted by Crippen LogP contribution is -2.34. The van der Waals surface area contributed by atoms with Crippen molar-refractivity contribution >= 4 is 16.9 Å². The summed E-state index contributed by atoms with van der Waals surface area (Å²) >= 11 is 0. The molecule has 5 heteroatoms. The molecule has 1 N–H and O–H groups in total. The maximum atomic E-state index is 12.1. The van der Waals surface area contributed by atoms with E-state index in [9.17, 15) is 4.79 Å². The smallest absolute Gasteiger partial charge is 0.249 e. The quantitative estimate of drug-likeness (QED) is 0.640. The van der Waals surface area contributed by atoms with E-state index in [-0.39, 0.29) is 12.0 Å². The number of ether oxygens (including phenoxy) is 1. The van der Waals surface area contributed by atoms with E-state index in [1.807, 2.05) is 6.07 Å². The van der Waals surface area contributed by atoms with Crippen LogP contribution in [0.1, 0.15) is 36.2 Å². The van der Waals surface area contributed by atoms with E-state index < -0.39 is 0 Å². The van der Waals surface area contributed by atoms with Crippen LogP contribution in [0.2, 0.25) is 0 Å². The maximum absolute atomic E-state index is 12.1. The van der Waals surface area contributed by atoms with Crippen molar-refractivity contribution in [1.82, 2.24) is 14.9 Å². The maximum Gasteiger partial charge on any atom is 0.249 e. The van der Waals surface area contributed by atoms with E-state index in [1.165, 1.54) is 11.1 Å². The van der Waals surface area contributed by atoms with E-state index in [2.05, 4.69) is 59.3 Å². The molecule has 5 nitrogen and oxygen atoms in total.